The van der Waals surface area contributed by atoms with Crippen molar-refractivity contribution in [1.29, 1.82) is 0 Å². The van der Waals surface area contributed by atoms with Gasteiger partial charge >= 0.3 is 0 Å². The minimum absolute atomic E-state index is 1.09. The van der Waals surface area contributed by atoms with Gasteiger partial charge in [0.05, 0.1) is 22.1 Å². The Morgan fingerprint density at radius 2 is 0.254 bits per heavy atom. The molecule has 2 heterocycles. The summed E-state index contributed by atoms with van der Waals surface area (Å²) in [6, 6.07) is 191. The largest absolute Gasteiger partial charge is 0.309 e. The summed E-state index contributed by atoms with van der Waals surface area (Å²) in [6.45, 7) is 0. The molecule has 0 aliphatic carbocycles. The van der Waals surface area contributed by atoms with Crippen LogP contribution in [-0.2, 0) is 0 Å². The van der Waals surface area contributed by atoms with Crippen LogP contribution in [0.1, 0.15) is 0 Å². The topological polar surface area (TPSA) is 9.86 Å². The molecule has 0 amide bonds. The Morgan fingerprint density at radius 1 is 0.0970 bits per heavy atom. The lowest BCUT2D eigenvalue weighted by molar-refractivity contribution is 1.18. The minimum Gasteiger partial charge on any atom is -0.309 e. The van der Waals surface area contributed by atoms with E-state index in [1.165, 1.54) is 153 Å². The summed E-state index contributed by atoms with van der Waals surface area (Å²) in [7, 11) is 0. The Morgan fingerprint density at radius 3 is 0.485 bits per heavy atom. The molecule has 0 atom stereocenters. The van der Waals surface area contributed by atoms with Gasteiger partial charge in [-0.05, 0) is 295 Å². The monoisotopic (exact) mass is 1700 g/mol. The van der Waals surface area contributed by atoms with E-state index in [1.54, 1.807) is 0 Å². The zero-order valence-electron chi connectivity index (χ0n) is 73.4. The van der Waals surface area contributed by atoms with Crippen molar-refractivity contribution in [3.63, 3.8) is 0 Å². The van der Waals surface area contributed by atoms with Crippen LogP contribution in [0.2, 0.25) is 0 Å². The second-order valence-electron chi connectivity index (χ2n) is 35.5. The van der Waals surface area contributed by atoms with Crippen LogP contribution in [0.25, 0.3) is 265 Å². The van der Waals surface area contributed by atoms with Gasteiger partial charge in [-0.25, -0.2) is 0 Å². The smallest absolute Gasteiger partial charge is 0.0541 e. The van der Waals surface area contributed by atoms with E-state index in [9.17, 15) is 0 Å². The van der Waals surface area contributed by atoms with E-state index >= 15 is 0 Å². The third kappa shape index (κ3) is 12.9. The van der Waals surface area contributed by atoms with Crippen molar-refractivity contribution < 1.29 is 0 Å². The molecule has 24 aromatic carbocycles. The van der Waals surface area contributed by atoms with Crippen molar-refractivity contribution in [2.45, 2.75) is 0 Å². The molecule has 26 rings (SSSR count). The third-order valence-corrected chi connectivity index (χ3v) is 28.0. The van der Waals surface area contributed by atoms with E-state index in [2.05, 4.69) is 519 Å². The maximum absolute atomic E-state index is 2.47. The van der Waals surface area contributed by atoms with Crippen molar-refractivity contribution in [2.24, 2.45) is 0 Å². The fourth-order valence-electron chi connectivity index (χ4n) is 22.2. The van der Waals surface area contributed by atoms with Crippen molar-refractivity contribution in [3.05, 3.63) is 510 Å². The second-order valence-corrected chi connectivity index (χ2v) is 35.5. The first-order chi connectivity index (χ1) is 66.5. The first kappa shape index (κ1) is 77.6. The summed E-state index contributed by atoms with van der Waals surface area (Å²) in [5.74, 6) is 0. The van der Waals surface area contributed by atoms with Gasteiger partial charge in [0.25, 0.3) is 0 Å². The summed E-state index contributed by atoms with van der Waals surface area (Å²) >= 11 is 0. The summed E-state index contributed by atoms with van der Waals surface area (Å²) in [5, 5.41) is 16.8. The van der Waals surface area contributed by atoms with Crippen LogP contribution in [0, 0.1) is 0 Å². The number of hydrogen-bond donors (Lipinski definition) is 0. The van der Waals surface area contributed by atoms with E-state index in [1.807, 2.05) is 0 Å². The average Bonchev–Trinajstić information content (AvgIpc) is 0.855. The number of fused-ring (bicyclic) bond motifs is 12. The predicted octanol–water partition coefficient (Wildman–Crippen LogP) is 36.4. The predicted molar refractivity (Wildman–Crippen MR) is 570 cm³/mol. The highest BCUT2D eigenvalue weighted by Crippen LogP contribution is 2.61. The highest BCUT2D eigenvalue weighted by Gasteiger charge is 2.34. The number of benzene rings is 24. The van der Waals surface area contributed by atoms with Gasteiger partial charge in [-0.3, -0.25) is 0 Å². The van der Waals surface area contributed by atoms with E-state index in [0.717, 1.165) is 112 Å². The van der Waals surface area contributed by atoms with E-state index in [4.69, 9.17) is 0 Å². The number of rotatable bonds is 16. The van der Waals surface area contributed by atoms with E-state index in [-0.39, 0.29) is 0 Å². The fraction of sp³-hybridized carbons (Fsp3) is 0. The van der Waals surface area contributed by atoms with Gasteiger partial charge in [-0.2, -0.15) is 0 Å². The quantitative estimate of drug-likeness (QED) is 0.0674. The molecule has 0 aliphatic rings. The second kappa shape index (κ2) is 32.3. The zero-order valence-corrected chi connectivity index (χ0v) is 73.4. The minimum atomic E-state index is 1.09. The first-order valence-electron chi connectivity index (χ1n) is 46.4. The van der Waals surface area contributed by atoms with Crippen LogP contribution in [-0.4, -0.2) is 9.13 Å². The molecule has 2 aromatic heterocycles. The maximum atomic E-state index is 2.47. The van der Waals surface area contributed by atoms with Crippen LogP contribution in [0.15, 0.2) is 510 Å². The zero-order chi connectivity index (χ0) is 88.3. The van der Waals surface area contributed by atoms with Gasteiger partial charge in [-0.1, -0.05) is 425 Å². The number of nitrogens with zero attached hydrogens (tertiary/aromatic N) is 2. The van der Waals surface area contributed by atoms with Gasteiger partial charge in [0.1, 0.15) is 0 Å². The van der Waals surface area contributed by atoms with Crippen LogP contribution < -0.4 is 0 Å². The highest BCUT2D eigenvalue weighted by atomic mass is 15.0. The van der Waals surface area contributed by atoms with Crippen LogP contribution in [0.4, 0.5) is 0 Å². The van der Waals surface area contributed by atoms with Crippen LogP contribution in [0.3, 0.4) is 0 Å². The van der Waals surface area contributed by atoms with Crippen molar-refractivity contribution in [3.8, 4) is 167 Å². The molecule has 0 unspecified atom stereocenters. The lowest BCUT2D eigenvalue weighted by Gasteiger charge is -2.29. The lowest BCUT2D eigenvalue weighted by atomic mass is 9.73. The summed E-state index contributed by atoms with van der Waals surface area (Å²) in [5.41, 5.74) is 39.0. The van der Waals surface area contributed by atoms with Gasteiger partial charge in [-0.15, -0.1) is 0 Å². The molecule has 0 radical (unpaired) electrons. The molecule has 2 nitrogen and oxygen atoms in total. The molecular formula is C132H84N2. The van der Waals surface area contributed by atoms with E-state index in [0.29, 0.717) is 0 Å². The van der Waals surface area contributed by atoms with Crippen molar-refractivity contribution in [1.82, 2.24) is 9.13 Å². The van der Waals surface area contributed by atoms with Crippen molar-refractivity contribution >= 4 is 97.5 Å². The Balaban J connectivity index is 0.813. The molecule has 0 fully saturated rings. The third-order valence-electron chi connectivity index (χ3n) is 28.0. The Bertz CT molecular complexity index is 8290. The van der Waals surface area contributed by atoms with Crippen LogP contribution >= 0.6 is 0 Å². The normalized spacial score (nSPS) is 11.7. The highest BCUT2D eigenvalue weighted by molar-refractivity contribution is 6.47. The number of para-hydroxylation sites is 4. The SMILES string of the molecule is c1ccc(-c2cc(-c3ccccc3)cc(-c3ccc(-c4c(-c5ccc(-c6cc(-c7ccccc7)cc(-c7ccccc7)c6)cc5)c(-c5ccccc5)c5c6cccc7c8c(-c9ccc(-n%10c%11ccccc%11c%11ccccc%11%10)cc9)c(-c9ccccc9)c(-c9ccccc9)c(-c9ccc(-n%10c%11ccccc%11c%11ccccc%11%10)cc9)c8c8cccc(c5c4-c4ccccc4)c8c67)cc3)c2)cc1. The molecule has 134 heavy (non-hydrogen) atoms. The Hall–Kier alpha value is -17.6. The lowest BCUT2D eigenvalue weighted by Crippen LogP contribution is -2.02. The molecule has 0 spiro atoms. The van der Waals surface area contributed by atoms with E-state index < -0.39 is 0 Å². The summed E-state index contributed by atoms with van der Waals surface area (Å²) < 4.78 is 4.90. The summed E-state index contributed by atoms with van der Waals surface area (Å²) in [6.07, 6.45) is 0. The summed E-state index contributed by atoms with van der Waals surface area (Å²) in [4.78, 5) is 0. The molecule has 2 heteroatoms. The molecule has 0 saturated heterocycles. The Labute approximate surface area is 777 Å². The number of hydrogen-bond acceptors (Lipinski definition) is 0. The standard InChI is InChI=1S/C132H84N2/c1-9-35-85(36-10-1)99-79-100(86-37-11-2-12-38-86)82-103(81-99)89-63-67-95(68-64-89)121-122(96-69-65-90(66-70-96)104-83-101(87-39-13-3-14-40-87)80-102(84-104)88-41-15-4-16-42-88)124(94-49-23-8-24-50-94)130-112-56-34-58-114-128(112)127-111(129(130)123(121)93-47-21-7-22-48-93)55-33-57-113(127)131-125(97-71-75-105(76-72-97)133-115-59-29-25-51-107(115)108-52-26-30-60-116(108)133)119(91-43-17-5-18-44-91)120(92-45-19-6-20-46-92)126(132(114)131)98-73-77-106(78-74-98)134-117-61-31-27-53-109(117)110-54-28-32-62-118(110)134/h1-84H. The van der Waals surface area contributed by atoms with Gasteiger partial charge in [0, 0.05) is 32.9 Å². The molecule has 0 bridgehead atoms. The first-order valence-corrected chi connectivity index (χ1v) is 46.4. The molecule has 0 aliphatic heterocycles. The number of aromatic nitrogens is 2. The molecular weight excluding hydrogens is 1610 g/mol. The molecule has 622 valence electrons. The Kier molecular flexibility index (Phi) is 18.7. The maximum Gasteiger partial charge on any atom is 0.0541 e. The van der Waals surface area contributed by atoms with Crippen LogP contribution in [0.5, 0.6) is 0 Å². The molecule has 0 saturated carbocycles. The van der Waals surface area contributed by atoms with Gasteiger partial charge < -0.3 is 9.13 Å². The molecule has 0 N–H and O–H groups in total. The molecule has 26 aromatic rings. The van der Waals surface area contributed by atoms with Gasteiger partial charge in [0.2, 0.25) is 0 Å². The fourth-order valence-corrected chi connectivity index (χ4v) is 22.2. The van der Waals surface area contributed by atoms with Crippen molar-refractivity contribution in [2.75, 3.05) is 0 Å². The van der Waals surface area contributed by atoms with Gasteiger partial charge in [0.15, 0.2) is 0 Å². The average molecular weight is 1700 g/mol.